The van der Waals surface area contributed by atoms with Gasteiger partial charge < -0.3 is 9.80 Å². The van der Waals surface area contributed by atoms with Crippen molar-refractivity contribution in [3.05, 3.63) is 35.4 Å². The minimum atomic E-state index is 0.0708. The maximum Gasteiger partial charge on any atom is 0.253 e. The first kappa shape index (κ1) is 17.5. The number of nitrogens with zero attached hydrogens (tertiary/aromatic N) is 2. The van der Waals surface area contributed by atoms with Crippen LogP contribution in [0.2, 0.25) is 0 Å². The number of aryl methyl sites for hydroxylation is 1. The molecule has 4 nitrogen and oxygen atoms in total. The standard InChI is InChI=1S/C19H28N2O2/c1-4-15-7-9-16(10-8-15)19(23)21-13-11-17(12-14-21)18(22)20(5-2)6-3/h7-10,17H,4-6,11-14H2,1-3H3. The van der Waals surface area contributed by atoms with Crippen molar-refractivity contribution in [2.45, 2.75) is 40.0 Å². The van der Waals surface area contributed by atoms with E-state index in [0.29, 0.717) is 13.1 Å². The van der Waals surface area contributed by atoms with E-state index in [-0.39, 0.29) is 17.7 Å². The highest BCUT2D eigenvalue weighted by atomic mass is 16.2. The Bertz CT molecular complexity index is 527. The fraction of sp³-hybridized carbons (Fsp3) is 0.579. The molecular weight excluding hydrogens is 288 g/mol. The third-order valence-electron chi connectivity index (χ3n) is 4.82. The number of carbonyl (C=O) groups is 2. The van der Waals surface area contributed by atoms with Gasteiger partial charge in [0.2, 0.25) is 5.91 Å². The summed E-state index contributed by atoms with van der Waals surface area (Å²) in [6.45, 7) is 9.00. The molecular formula is C19H28N2O2. The molecule has 4 heteroatoms. The lowest BCUT2D eigenvalue weighted by Crippen LogP contribution is -2.44. The van der Waals surface area contributed by atoms with Crippen LogP contribution in [-0.4, -0.2) is 47.8 Å². The van der Waals surface area contributed by atoms with Crippen LogP contribution in [0, 0.1) is 5.92 Å². The molecule has 2 rings (SSSR count). The average Bonchev–Trinajstić information content (AvgIpc) is 2.62. The van der Waals surface area contributed by atoms with Crippen LogP contribution >= 0.6 is 0 Å². The number of benzene rings is 1. The van der Waals surface area contributed by atoms with Crippen molar-refractivity contribution in [3.63, 3.8) is 0 Å². The molecule has 0 spiro atoms. The van der Waals surface area contributed by atoms with Crippen molar-refractivity contribution in [2.75, 3.05) is 26.2 Å². The molecule has 0 bridgehead atoms. The summed E-state index contributed by atoms with van der Waals surface area (Å²) in [5.74, 6) is 0.400. The predicted molar refractivity (Wildman–Crippen MR) is 92.4 cm³/mol. The second-order valence-electron chi connectivity index (χ2n) is 6.13. The third-order valence-corrected chi connectivity index (χ3v) is 4.82. The molecule has 1 aromatic carbocycles. The van der Waals surface area contributed by atoms with Gasteiger partial charge in [-0.25, -0.2) is 0 Å². The summed E-state index contributed by atoms with van der Waals surface area (Å²) in [7, 11) is 0. The first-order chi connectivity index (χ1) is 11.1. The molecule has 1 aromatic rings. The van der Waals surface area contributed by atoms with Gasteiger partial charge in [0.25, 0.3) is 5.91 Å². The van der Waals surface area contributed by atoms with Gasteiger partial charge in [-0.2, -0.15) is 0 Å². The van der Waals surface area contributed by atoms with Crippen LogP contribution in [0.4, 0.5) is 0 Å². The summed E-state index contributed by atoms with van der Waals surface area (Å²) in [5, 5.41) is 0. The molecule has 1 fully saturated rings. The summed E-state index contributed by atoms with van der Waals surface area (Å²) in [6, 6.07) is 7.86. The Kier molecular flexibility index (Phi) is 6.20. The van der Waals surface area contributed by atoms with Crippen molar-refractivity contribution in [2.24, 2.45) is 5.92 Å². The molecule has 2 amide bonds. The Labute approximate surface area is 139 Å². The normalized spacial score (nSPS) is 15.5. The van der Waals surface area contributed by atoms with E-state index in [0.717, 1.165) is 37.9 Å². The lowest BCUT2D eigenvalue weighted by molar-refractivity contribution is -0.136. The van der Waals surface area contributed by atoms with E-state index in [1.54, 1.807) is 0 Å². The Morgan fingerprint density at radius 1 is 1.04 bits per heavy atom. The summed E-state index contributed by atoms with van der Waals surface area (Å²) >= 11 is 0. The SMILES string of the molecule is CCc1ccc(C(=O)N2CCC(C(=O)N(CC)CC)CC2)cc1. The van der Waals surface area contributed by atoms with Gasteiger partial charge in [-0.15, -0.1) is 0 Å². The van der Waals surface area contributed by atoms with Crippen molar-refractivity contribution < 1.29 is 9.59 Å². The highest BCUT2D eigenvalue weighted by Gasteiger charge is 2.29. The third kappa shape index (κ3) is 4.12. The number of piperidine rings is 1. The summed E-state index contributed by atoms with van der Waals surface area (Å²) in [4.78, 5) is 28.7. The van der Waals surface area contributed by atoms with Crippen molar-refractivity contribution >= 4 is 11.8 Å². The van der Waals surface area contributed by atoms with Crippen LogP contribution in [0.1, 0.15) is 49.5 Å². The quantitative estimate of drug-likeness (QED) is 0.838. The first-order valence-corrected chi connectivity index (χ1v) is 8.77. The van der Waals surface area contributed by atoms with Gasteiger partial charge >= 0.3 is 0 Å². The average molecular weight is 316 g/mol. The van der Waals surface area contributed by atoms with Crippen LogP contribution < -0.4 is 0 Å². The van der Waals surface area contributed by atoms with E-state index >= 15 is 0 Å². The van der Waals surface area contributed by atoms with Gasteiger partial charge in [-0.1, -0.05) is 19.1 Å². The van der Waals surface area contributed by atoms with Gasteiger partial charge in [0.1, 0.15) is 0 Å². The second-order valence-corrected chi connectivity index (χ2v) is 6.13. The van der Waals surface area contributed by atoms with Crippen LogP contribution in [0.5, 0.6) is 0 Å². The smallest absolute Gasteiger partial charge is 0.253 e. The summed E-state index contributed by atoms with van der Waals surface area (Å²) < 4.78 is 0. The summed E-state index contributed by atoms with van der Waals surface area (Å²) in [6.07, 6.45) is 2.52. The Morgan fingerprint density at radius 3 is 2.09 bits per heavy atom. The van der Waals surface area contributed by atoms with E-state index < -0.39 is 0 Å². The van der Waals surface area contributed by atoms with Crippen molar-refractivity contribution in [1.29, 1.82) is 0 Å². The first-order valence-electron chi connectivity index (χ1n) is 8.77. The minimum absolute atomic E-state index is 0.0708. The van der Waals surface area contributed by atoms with Crippen LogP contribution in [0.3, 0.4) is 0 Å². The Morgan fingerprint density at radius 2 is 1.61 bits per heavy atom. The van der Waals surface area contributed by atoms with Crippen molar-refractivity contribution in [1.82, 2.24) is 9.80 Å². The van der Waals surface area contributed by atoms with Crippen LogP contribution in [0.25, 0.3) is 0 Å². The number of rotatable bonds is 5. The number of carbonyl (C=O) groups excluding carboxylic acids is 2. The van der Waals surface area contributed by atoms with E-state index in [1.807, 2.05) is 47.9 Å². The monoisotopic (exact) mass is 316 g/mol. The fourth-order valence-corrected chi connectivity index (χ4v) is 3.19. The number of likely N-dealkylation sites (tertiary alicyclic amines) is 1. The van der Waals surface area contributed by atoms with Crippen LogP contribution in [-0.2, 0) is 11.2 Å². The molecule has 0 aliphatic carbocycles. The van der Waals surface area contributed by atoms with E-state index in [4.69, 9.17) is 0 Å². The molecule has 0 radical (unpaired) electrons. The van der Waals surface area contributed by atoms with Gasteiger partial charge in [-0.3, -0.25) is 9.59 Å². The van der Waals surface area contributed by atoms with Crippen molar-refractivity contribution in [3.8, 4) is 0 Å². The number of hydrogen-bond acceptors (Lipinski definition) is 2. The number of hydrogen-bond donors (Lipinski definition) is 0. The maximum absolute atomic E-state index is 12.6. The van der Waals surface area contributed by atoms with Gasteiger partial charge in [0.05, 0.1) is 0 Å². The second kappa shape index (κ2) is 8.14. The number of amides is 2. The molecule has 0 unspecified atom stereocenters. The topological polar surface area (TPSA) is 40.6 Å². The molecule has 0 atom stereocenters. The Balaban J connectivity index is 1.93. The van der Waals surface area contributed by atoms with Crippen LogP contribution in [0.15, 0.2) is 24.3 Å². The molecule has 1 saturated heterocycles. The zero-order valence-electron chi connectivity index (χ0n) is 14.5. The van der Waals surface area contributed by atoms with E-state index in [9.17, 15) is 9.59 Å². The minimum Gasteiger partial charge on any atom is -0.343 e. The predicted octanol–water partition coefficient (Wildman–Crippen LogP) is 2.97. The van der Waals surface area contributed by atoms with E-state index in [2.05, 4.69) is 6.92 Å². The molecule has 23 heavy (non-hydrogen) atoms. The molecule has 0 saturated carbocycles. The zero-order chi connectivity index (χ0) is 16.8. The molecule has 126 valence electrons. The highest BCUT2D eigenvalue weighted by molar-refractivity contribution is 5.94. The molecule has 1 heterocycles. The fourth-order valence-electron chi connectivity index (χ4n) is 3.19. The molecule has 0 aromatic heterocycles. The molecule has 1 aliphatic heterocycles. The van der Waals surface area contributed by atoms with Gasteiger partial charge in [0, 0.05) is 37.7 Å². The lowest BCUT2D eigenvalue weighted by Gasteiger charge is -2.33. The maximum atomic E-state index is 12.6. The molecule has 0 N–H and O–H groups in total. The molecule has 1 aliphatic rings. The van der Waals surface area contributed by atoms with Gasteiger partial charge in [-0.05, 0) is 50.8 Å². The highest BCUT2D eigenvalue weighted by Crippen LogP contribution is 2.21. The van der Waals surface area contributed by atoms with Gasteiger partial charge in [0.15, 0.2) is 0 Å². The lowest BCUT2D eigenvalue weighted by atomic mass is 9.94. The van der Waals surface area contributed by atoms with E-state index in [1.165, 1.54) is 5.56 Å². The summed E-state index contributed by atoms with van der Waals surface area (Å²) in [5.41, 5.74) is 1.99. The Hall–Kier alpha value is -1.84. The largest absolute Gasteiger partial charge is 0.343 e. The zero-order valence-corrected chi connectivity index (χ0v) is 14.5.